The van der Waals surface area contributed by atoms with Crippen LogP contribution in [0.2, 0.25) is 0 Å². The summed E-state index contributed by atoms with van der Waals surface area (Å²) < 4.78 is 7.07. The zero-order valence-electron chi connectivity index (χ0n) is 18.4. The van der Waals surface area contributed by atoms with Crippen molar-refractivity contribution in [2.45, 2.75) is 58.3 Å². The largest absolute Gasteiger partial charge is 0.377 e. The number of aromatic nitrogens is 3. The Morgan fingerprint density at radius 2 is 2.23 bits per heavy atom. The fourth-order valence-electron chi connectivity index (χ4n) is 3.45. The Labute approximate surface area is 200 Å². The summed E-state index contributed by atoms with van der Waals surface area (Å²) in [5, 5.41) is 14.3. The van der Waals surface area contributed by atoms with Crippen molar-refractivity contribution in [3.8, 4) is 0 Å². The third-order valence-corrected chi connectivity index (χ3v) is 4.89. The Morgan fingerprint density at radius 3 is 2.97 bits per heavy atom. The maximum absolute atomic E-state index is 11.8. The molecule has 3 N–H and O–H groups in total. The van der Waals surface area contributed by atoms with Gasteiger partial charge in [0.15, 0.2) is 11.8 Å². The highest BCUT2D eigenvalue weighted by Gasteiger charge is 2.22. The van der Waals surface area contributed by atoms with Crippen molar-refractivity contribution in [2.24, 2.45) is 4.99 Å². The predicted molar refractivity (Wildman–Crippen MR) is 132 cm³/mol. The SMILES string of the molecule is CCCC(=O)Nc1cccc(CNC(=NC)NC2CCc3nc(COC)nn3C2)c1.I. The Kier molecular flexibility index (Phi) is 10.2. The lowest BCUT2D eigenvalue weighted by Crippen LogP contribution is -2.46. The van der Waals surface area contributed by atoms with Crippen LogP contribution >= 0.6 is 24.0 Å². The molecule has 0 saturated carbocycles. The molecule has 2 aromatic rings. The van der Waals surface area contributed by atoms with Gasteiger partial charge in [0, 0.05) is 45.3 Å². The van der Waals surface area contributed by atoms with Crippen LogP contribution in [0.1, 0.15) is 43.4 Å². The van der Waals surface area contributed by atoms with Crippen LogP contribution in [0.3, 0.4) is 0 Å². The highest BCUT2D eigenvalue weighted by molar-refractivity contribution is 14.0. The normalized spacial score (nSPS) is 15.6. The van der Waals surface area contributed by atoms with Gasteiger partial charge < -0.3 is 20.7 Å². The summed E-state index contributed by atoms with van der Waals surface area (Å²) in [6.45, 7) is 3.77. The standard InChI is InChI=1S/C21H31N7O2.HI/c1-4-6-20(29)24-16-8-5-7-15(11-16)12-23-21(22-2)25-17-9-10-19-26-18(14-30-3)27-28(19)13-17;/h5,7-8,11,17H,4,6,9-10,12-14H2,1-3H3,(H,24,29)(H2,22,23,25);1H. The zero-order valence-corrected chi connectivity index (χ0v) is 20.7. The predicted octanol–water partition coefficient (Wildman–Crippen LogP) is 2.46. The number of halogens is 1. The van der Waals surface area contributed by atoms with Gasteiger partial charge in [0.1, 0.15) is 12.4 Å². The minimum absolute atomic E-state index is 0. The van der Waals surface area contributed by atoms with E-state index < -0.39 is 0 Å². The fraction of sp³-hybridized carbons (Fsp3) is 0.524. The van der Waals surface area contributed by atoms with E-state index in [4.69, 9.17) is 4.74 Å². The molecule has 0 spiro atoms. The quantitative estimate of drug-likeness (QED) is 0.270. The first-order valence-corrected chi connectivity index (χ1v) is 10.4. The highest BCUT2D eigenvalue weighted by atomic mass is 127. The van der Waals surface area contributed by atoms with Crippen LogP contribution in [-0.2, 0) is 35.6 Å². The van der Waals surface area contributed by atoms with Crippen molar-refractivity contribution in [1.29, 1.82) is 0 Å². The fourth-order valence-corrected chi connectivity index (χ4v) is 3.45. The van der Waals surface area contributed by atoms with Crippen LogP contribution in [0.25, 0.3) is 0 Å². The average molecular weight is 541 g/mol. The molecule has 1 amide bonds. The molecule has 1 aliphatic heterocycles. The molecular formula is C21H32IN7O2. The number of nitrogens with zero attached hydrogens (tertiary/aromatic N) is 4. The van der Waals surface area contributed by atoms with Crippen LogP contribution in [0, 0.1) is 0 Å². The number of guanidine groups is 1. The molecule has 1 atom stereocenters. The number of rotatable bonds is 8. The molecule has 0 bridgehead atoms. The molecule has 1 aliphatic rings. The van der Waals surface area contributed by atoms with Crippen molar-refractivity contribution in [1.82, 2.24) is 25.4 Å². The molecule has 9 nitrogen and oxygen atoms in total. The van der Waals surface area contributed by atoms with Gasteiger partial charge >= 0.3 is 0 Å². The Hall–Kier alpha value is -2.21. The maximum Gasteiger partial charge on any atom is 0.224 e. The second-order valence-corrected chi connectivity index (χ2v) is 7.36. The number of ether oxygens (including phenoxy) is 1. The van der Waals surface area contributed by atoms with E-state index in [1.165, 1.54) is 0 Å². The second-order valence-electron chi connectivity index (χ2n) is 7.36. The van der Waals surface area contributed by atoms with Crippen molar-refractivity contribution >= 4 is 41.5 Å². The molecule has 31 heavy (non-hydrogen) atoms. The van der Waals surface area contributed by atoms with Gasteiger partial charge in [-0.2, -0.15) is 5.10 Å². The lowest BCUT2D eigenvalue weighted by molar-refractivity contribution is -0.116. The van der Waals surface area contributed by atoms with E-state index in [2.05, 4.69) is 31.0 Å². The molecule has 0 saturated heterocycles. The first-order valence-electron chi connectivity index (χ1n) is 10.4. The van der Waals surface area contributed by atoms with Gasteiger partial charge in [0.25, 0.3) is 0 Å². The number of nitrogens with one attached hydrogen (secondary N) is 3. The van der Waals surface area contributed by atoms with Crippen LogP contribution in [0.4, 0.5) is 5.69 Å². The summed E-state index contributed by atoms with van der Waals surface area (Å²) in [7, 11) is 3.41. The van der Waals surface area contributed by atoms with Crippen molar-refractivity contribution in [3.05, 3.63) is 41.5 Å². The molecule has 170 valence electrons. The topological polar surface area (TPSA) is 105 Å². The molecule has 10 heteroatoms. The van der Waals surface area contributed by atoms with Crippen LogP contribution in [0.5, 0.6) is 0 Å². The van der Waals surface area contributed by atoms with Crippen LogP contribution < -0.4 is 16.0 Å². The number of aryl methyl sites for hydroxylation is 1. The van der Waals surface area contributed by atoms with Gasteiger partial charge in [-0.1, -0.05) is 19.1 Å². The lowest BCUT2D eigenvalue weighted by atomic mass is 10.1. The van der Waals surface area contributed by atoms with E-state index in [1.54, 1.807) is 14.2 Å². The molecular weight excluding hydrogens is 509 g/mol. The minimum atomic E-state index is 0. The Bertz CT molecular complexity index is 884. The number of carbonyl (C=O) groups excluding carboxylic acids is 1. The van der Waals surface area contributed by atoms with Gasteiger partial charge in [-0.3, -0.25) is 9.79 Å². The average Bonchev–Trinajstić information content (AvgIpc) is 3.13. The Balaban J connectivity index is 0.00000341. The van der Waals surface area contributed by atoms with Gasteiger partial charge in [0.05, 0.1) is 6.54 Å². The zero-order chi connectivity index (χ0) is 21.3. The summed E-state index contributed by atoms with van der Waals surface area (Å²) in [5.41, 5.74) is 1.88. The number of carbonyl (C=O) groups is 1. The summed E-state index contributed by atoms with van der Waals surface area (Å²) >= 11 is 0. The van der Waals surface area contributed by atoms with Gasteiger partial charge in [-0.05, 0) is 30.5 Å². The van der Waals surface area contributed by atoms with E-state index in [1.807, 2.05) is 35.9 Å². The number of methoxy groups -OCH3 is 1. The monoisotopic (exact) mass is 541 g/mol. The smallest absolute Gasteiger partial charge is 0.224 e. The number of hydrogen-bond acceptors (Lipinski definition) is 5. The van der Waals surface area contributed by atoms with Crippen LogP contribution in [0.15, 0.2) is 29.3 Å². The lowest BCUT2D eigenvalue weighted by Gasteiger charge is -2.25. The van der Waals surface area contributed by atoms with Crippen molar-refractivity contribution in [2.75, 3.05) is 19.5 Å². The third-order valence-electron chi connectivity index (χ3n) is 4.89. The summed E-state index contributed by atoms with van der Waals surface area (Å²) in [5.74, 6) is 2.51. The molecule has 0 aliphatic carbocycles. The van der Waals surface area contributed by atoms with E-state index in [0.717, 1.165) is 54.7 Å². The molecule has 1 unspecified atom stereocenters. The van der Waals surface area contributed by atoms with Crippen molar-refractivity contribution < 1.29 is 9.53 Å². The minimum Gasteiger partial charge on any atom is -0.377 e. The van der Waals surface area contributed by atoms with Gasteiger partial charge in [-0.15, -0.1) is 24.0 Å². The van der Waals surface area contributed by atoms with E-state index in [9.17, 15) is 4.79 Å². The second kappa shape index (κ2) is 12.6. The van der Waals surface area contributed by atoms with Gasteiger partial charge in [0.2, 0.25) is 5.91 Å². The number of benzene rings is 1. The molecule has 1 aromatic heterocycles. The Morgan fingerprint density at radius 1 is 1.39 bits per heavy atom. The van der Waals surface area contributed by atoms with Crippen LogP contribution in [-0.4, -0.2) is 46.8 Å². The van der Waals surface area contributed by atoms with E-state index >= 15 is 0 Å². The molecule has 0 radical (unpaired) electrons. The number of fused-ring (bicyclic) bond motifs is 1. The number of hydrogen-bond donors (Lipinski definition) is 3. The summed E-state index contributed by atoms with van der Waals surface area (Å²) in [6.07, 6.45) is 3.19. The molecule has 0 fully saturated rings. The van der Waals surface area contributed by atoms with Crippen molar-refractivity contribution in [3.63, 3.8) is 0 Å². The maximum atomic E-state index is 11.8. The summed E-state index contributed by atoms with van der Waals surface area (Å²) in [4.78, 5) is 20.7. The number of amides is 1. The van der Waals surface area contributed by atoms with E-state index in [0.29, 0.717) is 19.6 Å². The first-order chi connectivity index (χ1) is 14.6. The molecule has 1 aromatic carbocycles. The van der Waals surface area contributed by atoms with Gasteiger partial charge in [-0.25, -0.2) is 9.67 Å². The third kappa shape index (κ3) is 7.46. The first kappa shape index (κ1) is 25.1. The highest BCUT2D eigenvalue weighted by Crippen LogP contribution is 2.14. The van der Waals surface area contributed by atoms with E-state index in [-0.39, 0.29) is 35.9 Å². The number of anilines is 1. The number of aliphatic imine (C=N–C) groups is 1. The molecule has 2 heterocycles. The molecule has 3 rings (SSSR count). The summed E-state index contributed by atoms with van der Waals surface area (Å²) in [6, 6.07) is 8.07.